The molecule has 0 amide bonds. The van der Waals surface area contributed by atoms with Crippen molar-refractivity contribution < 1.29 is 9.50 Å². The second kappa shape index (κ2) is 7.68. The lowest BCUT2D eigenvalue weighted by Gasteiger charge is -2.14. The van der Waals surface area contributed by atoms with E-state index in [2.05, 4.69) is 9.97 Å². The zero-order valence-corrected chi connectivity index (χ0v) is 17.0. The predicted molar refractivity (Wildman–Crippen MR) is 112 cm³/mol. The smallest absolute Gasteiger partial charge is 0.277 e. The van der Waals surface area contributed by atoms with Crippen LogP contribution in [-0.2, 0) is 13.6 Å². The Morgan fingerprint density at radius 2 is 1.93 bits per heavy atom. The number of nitrogens with zero attached hydrogens (tertiary/aromatic N) is 4. The maximum Gasteiger partial charge on any atom is 0.277 e. The number of aromatic hydroxyl groups is 1. The normalized spacial score (nSPS) is 11.0. The first-order chi connectivity index (χ1) is 14.3. The molecule has 4 rings (SSSR count). The van der Waals surface area contributed by atoms with E-state index in [1.165, 1.54) is 32.6 Å². The molecule has 3 heterocycles. The highest BCUT2D eigenvalue weighted by Crippen LogP contribution is 2.26. The van der Waals surface area contributed by atoms with Crippen LogP contribution in [0, 0.1) is 12.7 Å². The van der Waals surface area contributed by atoms with E-state index in [4.69, 9.17) is 0 Å². The molecule has 0 atom stereocenters. The summed E-state index contributed by atoms with van der Waals surface area (Å²) in [6.07, 6.45) is 1.60. The molecule has 0 unspecified atom stereocenters. The zero-order valence-electron chi connectivity index (χ0n) is 16.2. The number of halogens is 1. The molecule has 0 saturated carbocycles. The van der Waals surface area contributed by atoms with Crippen LogP contribution in [0.5, 0.6) is 5.88 Å². The van der Waals surface area contributed by atoms with Gasteiger partial charge in [0.25, 0.3) is 11.1 Å². The summed E-state index contributed by atoms with van der Waals surface area (Å²) in [6, 6.07) is 8.75. The number of pyridine rings is 1. The Kier molecular flexibility index (Phi) is 5.04. The number of hydrogen-bond donors (Lipinski definition) is 1. The lowest BCUT2D eigenvalue weighted by Crippen LogP contribution is -2.18. The van der Waals surface area contributed by atoms with Gasteiger partial charge in [-0.25, -0.2) is 9.37 Å². The molecule has 0 aliphatic rings. The third-order valence-electron chi connectivity index (χ3n) is 4.60. The minimum Gasteiger partial charge on any atom is -0.494 e. The highest BCUT2D eigenvalue weighted by atomic mass is 32.1. The molecule has 7 nitrogen and oxygen atoms in total. The Morgan fingerprint density at radius 1 is 1.13 bits per heavy atom. The van der Waals surface area contributed by atoms with Crippen LogP contribution in [0.4, 0.5) is 4.39 Å². The van der Waals surface area contributed by atoms with Gasteiger partial charge in [0.05, 0.1) is 18.2 Å². The van der Waals surface area contributed by atoms with Gasteiger partial charge in [-0.2, -0.15) is 4.98 Å². The van der Waals surface area contributed by atoms with Crippen LogP contribution in [0.25, 0.3) is 22.0 Å². The SMILES string of the molecule is Cc1csc(-c2nc(=O)cc(O)n2Cc2ccc(-c3cccn(C)c3=O)c(F)c2)n1. The van der Waals surface area contributed by atoms with Gasteiger partial charge in [-0.1, -0.05) is 12.1 Å². The van der Waals surface area contributed by atoms with Gasteiger partial charge in [0, 0.05) is 29.9 Å². The number of rotatable bonds is 4. The van der Waals surface area contributed by atoms with Crippen molar-refractivity contribution in [3.8, 4) is 27.8 Å². The van der Waals surface area contributed by atoms with E-state index < -0.39 is 11.4 Å². The summed E-state index contributed by atoms with van der Waals surface area (Å²) in [4.78, 5) is 32.4. The Labute approximate surface area is 174 Å². The average molecular weight is 424 g/mol. The van der Waals surface area contributed by atoms with Crippen LogP contribution >= 0.6 is 11.3 Å². The van der Waals surface area contributed by atoms with Crippen molar-refractivity contribution in [2.75, 3.05) is 0 Å². The fraction of sp³-hybridized carbons (Fsp3) is 0.143. The van der Waals surface area contributed by atoms with Crippen LogP contribution < -0.4 is 11.1 Å². The molecule has 152 valence electrons. The molecule has 0 radical (unpaired) electrons. The van der Waals surface area contributed by atoms with Crippen molar-refractivity contribution in [3.63, 3.8) is 0 Å². The highest BCUT2D eigenvalue weighted by molar-refractivity contribution is 7.13. The Hall–Kier alpha value is -3.59. The van der Waals surface area contributed by atoms with Gasteiger partial charge < -0.3 is 9.67 Å². The molecule has 3 aromatic heterocycles. The number of aromatic nitrogens is 4. The van der Waals surface area contributed by atoms with E-state index in [1.54, 1.807) is 31.4 Å². The number of hydrogen-bond acceptors (Lipinski definition) is 6. The number of benzene rings is 1. The second-order valence-electron chi connectivity index (χ2n) is 6.81. The highest BCUT2D eigenvalue weighted by Gasteiger charge is 2.16. The molecular weight excluding hydrogens is 407 g/mol. The van der Waals surface area contributed by atoms with Gasteiger partial charge in [-0.3, -0.25) is 14.2 Å². The summed E-state index contributed by atoms with van der Waals surface area (Å²) >= 11 is 1.30. The Balaban J connectivity index is 1.76. The maximum absolute atomic E-state index is 14.8. The number of aryl methyl sites for hydroxylation is 2. The topological polar surface area (TPSA) is 90.0 Å². The van der Waals surface area contributed by atoms with Gasteiger partial charge >= 0.3 is 0 Å². The summed E-state index contributed by atoms with van der Waals surface area (Å²) < 4.78 is 17.6. The van der Waals surface area contributed by atoms with Gasteiger partial charge in [0.1, 0.15) is 5.82 Å². The van der Waals surface area contributed by atoms with E-state index in [-0.39, 0.29) is 34.9 Å². The lowest BCUT2D eigenvalue weighted by molar-refractivity contribution is 0.417. The van der Waals surface area contributed by atoms with Crippen LogP contribution in [-0.4, -0.2) is 24.2 Å². The van der Waals surface area contributed by atoms with Crippen molar-refractivity contribution in [1.29, 1.82) is 0 Å². The largest absolute Gasteiger partial charge is 0.494 e. The number of thiazole rings is 1. The van der Waals surface area contributed by atoms with Crippen LogP contribution in [0.3, 0.4) is 0 Å². The van der Waals surface area contributed by atoms with Crippen molar-refractivity contribution >= 4 is 11.3 Å². The molecule has 30 heavy (non-hydrogen) atoms. The van der Waals surface area contributed by atoms with E-state index >= 15 is 0 Å². The maximum atomic E-state index is 14.8. The van der Waals surface area contributed by atoms with E-state index in [9.17, 15) is 19.1 Å². The minimum absolute atomic E-state index is 0.0665. The molecule has 4 aromatic rings. The average Bonchev–Trinajstić information content (AvgIpc) is 3.13. The fourth-order valence-electron chi connectivity index (χ4n) is 3.13. The Bertz CT molecular complexity index is 1370. The van der Waals surface area contributed by atoms with Crippen molar-refractivity contribution in [3.05, 3.63) is 85.8 Å². The van der Waals surface area contributed by atoms with E-state index in [0.717, 1.165) is 11.8 Å². The summed E-state index contributed by atoms with van der Waals surface area (Å²) in [5, 5.41) is 12.6. The Morgan fingerprint density at radius 3 is 2.63 bits per heavy atom. The third kappa shape index (κ3) is 3.67. The van der Waals surface area contributed by atoms with E-state index in [1.807, 2.05) is 12.3 Å². The lowest BCUT2D eigenvalue weighted by atomic mass is 10.0. The molecule has 1 N–H and O–H groups in total. The van der Waals surface area contributed by atoms with Crippen LogP contribution in [0.2, 0.25) is 0 Å². The summed E-state index contributed by atoms with van der Waals surface area (Å²) in [6.45, 7) is 1.88. The molecule has 1 aromatic carbocycles. The monoisotopic (exact) mass is 424 g/mol. The summed E-state index contributed by atoms with van der Waals surface area (Å²) in [5.41, 5.74) is 0.855. The van der Waals surface area contributed by atoms with Crippen LogP contribution in [0.15, 0.2) is 57.6 Å². The molecule has 9 heteroatoms. The summed E-state index contributed by atoms with van der Waals surface area (Å²) in [5.74, 6) is -0.644. The first kappa shape index (κ1) is 19.7. The summed E-state index contributed by atoms with van der Waals surface area (Å²) in [7, 11) is 1.60. The molecule has 0 aliphatic carbocycles. The third-order valence-corrected chi connectivity index (χ3v) is 5.55. The van der Waals surface area contributed by atoms with Gasteiger partial charge in [-0.15, -0.1) is 11.3 Å². The zero-order chi connectivity index (χ0) is 21.4. The molecule has 0 saturated heterocycles. The second-order valence-corrected chi connectivity index (χ2v) is 7.67. The molecular formula is C21H17FN4O3S. The molecule has 0 aliphatic heterocycles. The fourth-order valence-corrected chi connectivity index (χ4v) is 3.92. The standard InChI is InChI=1S/C21H17FN4O3S/c1-12-11-30-20(23-12)19-24-17(27)9-18(28)26(19)10-13-5-6-14(16(22)8-13)15-4-3-7-25(2)21(15)29/h3-9,11,28H,10H2,1-2H3. The first-order valence-corrected chi connectivity index (χ1v) is 9.89. The van der Waals surface area contributed by atoms with Crippen molar-refractivity contribution in [2.45, 2.75) is 13.5 Å². The van der Waals surface area contributed by atoms with Crippen molar-refractivity contribution in [2.24, 2.45) is 7.05 Å². The van der Waals surface area contributed by atoms with Gasteiger partial charge in [-0.05, 0) is 30.7 Å². The minimum atomic E-state index is -0.590. The van der Waals surface area contributed by atoms with Crippen LogP contribution in [0.1, 0.15) is 11.3 Å². The van der Waals surface area contributed by atoms with Crippen molar-refractivity contribution in [1.82, 2.24) is 19.1 Å². The quantitative estimate of drug-likeness (QED) is 0.544. The predicted octanol–water partition coefficient (Wildman–Crippen LogP) is 2.93. The molecule has 0 bridgehead atoms. The van der Waals surface area contributed by atoms with E-state index in [0.29, 0.717) is 10.6 Å². The van der Waals surface area contributed by atoms with Gasteiger partial charge in [0.2, 0.25) is 0 Å². The molecule has 0 fully saturated rings. The first-order valence-electron chi connectivity index (χ1n) is 9.01. The molecule has 0 spiro atoms. The van der Waals surface area contributed by atoms with Gasteiger partial charge in [0.15, 0.2) is 16.7 Å².